The first-order chi connectivity index (χ1) is 15.4. The minimum absolute atomic E-state index is 0.106. The number of hydrogen-bond donors (Lipinski definition) is 1. The number of carbonyl (C=O) groups excluding carboxylic acids is 4. The second-order valence-electron chi connectivity index (χ2n) is 7.60. The zero-order chi connectivity index (χ0) is 23.3. The number of amides is 4. The highest BCUT2D eigenvalue weighted by atomic mass is 35.5. The second kappa shape index (κ2) is 10.4. The molecule has 2 aromatic carbocycles. The summed E-state index contributed by atoms with van der Waals surface area (Å²) in [7, 11) is 1.54. The van der Waals surface area contributed by atoms with Gasteiger partial charge < -0.3 is 10.2 Å². The van der Waals surface area contributed by atoms with Crippen molar-refractivity contribution in [3.8, 4) is 0 Å². The van der Waals surface area contributed by atoms with E-state index in [0.29, 0.717) is 29.0 Å². The molecule has 2 aromatic rings. The number of nitrogens with one attached hydrogen (secondary N) is 1. The highest BCUT2D eigenvalue weighted by Crippen LogP contribution is 2.23. The van der Waals surface area contributed by atoms with E-state index in [1.54, 1.807) is 41.3 Å². The van der Waals surface area contributed by atoms with Crippen LogP contribution in [0, 0.1) is 0 Å². The summed E-state index contributed by atoms with van der Waals surface area (Å²) in [5, 5.41) is 3.21. The Hall–Kier alpha value is -3.19. The van der Waals surface area contributed by atoms with E-state index >= 15 is 0 Å². The van der Waals surface area contributed by atoms with Crippen LogP contribution in [-0.2, 0) is 16.1 Å². The summed E-state index contributed by atoms with van der Waals surface area (Å²) < 4.78 is 0. The lowest BCUT2D eigenvalue weighted by molar-refractivity contribution is -0.141. The molecule has 8 heteroatoms. The maximum absolute atomic E-state index is 13.1. The molecule has 32 heavy (non-hydrogen) atoms. The summed E-state index contributed by atoms with van der Waals surface area (Å²) in [4.78, 5) is 53.3. The van der Waals surface area contributed by atoms with Gasteiger partial charge >= 0.3 is 0 Å². The zero-order valence-corrected chi connectivity index (χ0v) is 18.9. The Bertz CT molecular complexity index is 987. The van der Waals surface area contributed by atoms with Gasteiger partial charge in [0.05, 0.1) is 11.1 Å². The first-order valence-electron chi connectivity index (χ1n) is 10.6. The van der Waals surface area contributed by atoms with E-state index < -0.39 is 6.04 Å². The molecule has 0 saturated heterocycles. The Labute approximate surface area is 192 Å². The number of imide groups is 1. The third-order valence-electron chi connectivity index (χ3n) is 5.55. The van der Waals surface area contributed by atoms with Gasteiger partial charge in [-0.05, 0) is 42.7 Å². The van der Waals surface area contributed by atoms with Crippen LogP contribution < -0.4 is 5.32 Å². The maximum Gasteiger partial charge on any atom is 0.261 e. The average molecular weight is 456 g/mol. The van der Waals surface area contributed by atoms with Crippen LogP contribution >= 0.6 is 11.6 Å². The smallest absolute Gasteiger partial charge is 0.261 e. The van der Waals surface area contributed by atoms with E-state index in [0.717, 1.165) is 5.56 Å². The van der Waals surface area contributed by atoms with Gasteiger partial charge in [0.2, 0.25) is 11.8 Å². The molecular weight excluding hydrogens is 430 g/mol. The van der Waals surface area contributed by atoms with E-state index in [4.69, 9.17) is 11.6 Å². The van der Waals surface area contributed by atoms with Crippen molar-refractivity contribution in [3.63, 3.8) is 0 Å². The van der Waals surface area contributed by atoms with Crippen LogP contribution in [0.1, 0.15) is 52.5 Å². The fourth-order valence-corrected chi connectivity index (χ4v) is 3.97. The highest BCUT2D eigenvalue weighted by molar-refractivity contribution is 6.30. The van der Waals surface area contributed by atoms with E-state index in [9.17, 15) is 19.2 Å². The number of nitrogens with zero attached hydrogens (tertiary/aromatic N) is 2. The first-order valence-corrected chi connectivity index (χ1v) is 11.0. The molecule has 7 nitrogen and oxygen atoms in total. The van der Waals surface area contributed by atoms with Crippen molar-refractivity contribution in [1.82, 2.24) is 15.1 Å². The molecule has 0 bridgehead atoms. The van der Waals surface area contributed by atoms with Crippen LogP contribution in [-0.4, -0.2) is 53.1 Å². The molecule has 3 rings (SSSR count). The lowest BCUT2D eigenvalue weighted by atomic mass is 10.1. The molecule has 1 atom stereocenters. The molecule has 0 radical (unpaired) electrons. The summed E-state index contributed by atoms with van der Waals surface area (Å²) >= 11 is 5.96. The standard InChI is InChI=1S/C24H26ClN3O4/c1-3-20(22(30)26-2)28(15-16-10-12-17(25)13-11-16)21(29)9-6-14-27-23(31)18-7-4-5-8-19(18)24(27)32/h4-5,7-8,10-13,20H,3,6,9,14-15H2,1-2H3,(H,26,30)/t20-/m1/s1. The van der Waals surface area contributed by atoms with Gasteiger partial charge in [0.15, 0.2) is 0 Å². The molecule has 0 fully saturated rings. The normalized spacial score (nSPS) is 13.7. The number of rotatable bonds is 9. The molecule has 0 aliphatic carbocycles. The minimum Gasteiger partial charge on any atom is -0.357 e. The number of halogens is 1. The minimum atomic E-state index is -0.623. The van der Waals surface area contributed by atoms with E-state index in [1.807, 2.05) is 19.1 Å². The molecule has 4 amide bonds. The Balaban J connectivity index is 1.68. The summed E-state index contributed by atoms with van der Waals surface area (Å²) in [6, 6.07) is 13.2. The molecule has 168 valence electrons. The average Bonchev–Trinajstić information content (AvgIpc) is 3.05. The number of benzene rings is 2. The monoisotopic (exact) mass is 455 g/mol. The van der Waals surface area contributed by atoms with Gasteiger partial charge in [0.1, 0.15) is 6.04 Å². The number of fused-ring (bicyclic) bond motifs is 1. The third-order valence-corrected chi connectivity index (χ3v) is 5.80. The second-order valence-corrected chi connectivity index (χ2v) is 8.03. The van der Waals surface area contributed by atoms with Gasteiger partial charge in [-0.25, -0.2) is 0 Å². The topological polar surface area (TPSA) is 86.8 Å². The van der Waals surface area contributed by atoms with Crippen molar-refractivity contribution in [1.29, 1.82) is 0 Å². The van der Waals surface area contributed by atoms with E-state index in [-0.39, 0.29) is 43.1 Å². The van der Waals surface area contributed by atoms with Crippen LogP contribution in [0.2, 0.25) is 5.02 Å². The Morgan fingerprint density at radius 2 is 1.62 bits per heavy atom. The third kappa shape index (κ3) is 4.99. The lowest BCUT2D eigenvalue weighted by Crippen LogP contribution is -2.48. The van der Waals surface area contributed by atoms with Gasteiger partial charge in [-0.3, -0.25) is 24.1 Å². The highest BCUT2D eigenvalue weighted by Gasteiger charge is 2.35. The van der Waals surface area contributed by atoms with Gasteiger partial charge in [0, 0.05) is 31.6 Å². The molecule has 0 spiro atoms. The van der Waals surface area contributed by atoms with Crippen LogP contribution in [0.3, 0.4) is 0 Å². The lowest BCUT2D eigenvalue weighted by Gasteiger charge is -2.30. The molecule has 1 N–H and O–H groups in total. The van der Waals surface area contributed by atoms with Gasteiger partial charge in [-0.1, -0.05) is 42.8 Å². The molecular formula is C24H26ClN3O4. The first kappa shape index (κ1) is 23.5. The predicted molar refractivity (Wildman–Crippen MR) is 121 cm³/mol. The van der Waals surface area contributed by atoms with Crippen LogP contribution in [0.4, 0.5) is 0 Å². The summed E-state index contributed by atoms with van der Waals surface area (Å²) in [5.41, 5.74) is 1.63. The molecule has 1 heterocycles. The van der Waals surface area contributed by atoms with E-state index in [2.05, 4.69) is 5.32 Å². The van der Waals surface area contributed by atoms with Gasteiger partial charge in [-0.2, -0.15) is 0 Å². The zero-order valence-electron chi connectivity index (χ0n) is 18.1. The summed E-state index contributed by atoms with van der Waals surface area (Å²) in [6.45, 7) is 2.25. The number of carbonyl (C=O) groups is 4. The van der Waals surface area contributed by atoms with Gasteiger partial charge in [0.25, 0.3) is 11.8 Å². The quantitative estimate of drug-likeness (QED) is 0.588. The maximum atomic E-state index is 13.1. The Morgan fingerprint density at radius 1 is 1.03 bits per heavy atom. The van der Waals surface area contributed by atoms with Crippen molar-refractivity contribution in [2.24, 2.45) is 0 Å². The predicted octanol–water partition coefficient (Wildman–Crippen LogP) is 3.27. The van der Waals surface area contributed by atoms with Crippen molar-refractivity contribution in [3.05, 3.63) is 70.2 Å². The van der Waals surface area contributed by atoms with Crippen molar-refractivity contribution < 1.29 is 19.2 Å². The van der Waals surface area contributed by atoms with Crippen molar-refractivity contribution >= 4 is 35.2 Å². The summed E-state index contributed by atoms with van der Waals surface area (Å²) in [6.07, 6.45) is 0.873. The van der Waals surface area contributed by atoms with Crippen LogP contribution in [0.15, 0.2) is 48.5 Å². The Morgan fingerprint density at radius 3 is 2.16 bits per heavy atom. The molecule has 0 unspecified atom stereocenters. The van der Waals surface area contributed by atoms with Crippen LogP contribution in [0.5, 0.6) is 0 Å². The molecule has 1 aliphatic heterocycles. The fraction of sp³-hybridized carbons (Fsp3) is 0.333. The van der Waals surface area contributed by atoms with E-state index in [1.165, 1.54) is 11.9 Å². The fourth-order valence-electron chi connectivity index (χ4n) is 3.85. The number of hydrogen-bond acceptors (Lipinski definition) is 4. The van der Waals surface area contributed by atoms with Crippen molar-refractivity contribution in [2.75, 3.05) is 13.6 Å². The number of likely N-dealkylation sites (N-methyl/N-ethyl adjacent to an activating group) is 1. The van der Waals surface area contributed by atoms with Gasteiger partial charge in [-0.15, -0.1) is 0 Å². The largest absolute Gasteiger partial charge is 0.357 e. The van der Waals surface area contributed by atoms with Crippen molar-refractivity contribution in [2.45, 2.75) is 38.8 Å². The molecule has 1 aliphatic rings. The summed E-state index contributed by atoms with van der Waals surface area (Å²) in [5.74, 6) is -1.14. The van der Waals surface area contributed by atoms with Crippen LogP contribution in [0.25, 0.3) is 0 Å². The Kier molecular flexibility index (Phi) is 7.64. The molecule has 0 saturated carbocycles. The molecule has 0 aromatic heterocycles. The SMILES string of the molecule is CC[C@H](C(=O)NC)N(Cc1ccc(Cl)cc1)C(=O)CCCN1C(=O)c2ccccc2C1=O.